The van der Waals surface area contributed by atoms with Gasteiger partial charge in [0.25, 0.3) is 0 Å². The lowest BCUT2D eigenvalue weighted by molar-refractivity contribution is 1.07. The summed E-state index contributed by atoms with van der Waals surface area (Å²) in [6.45, 7) is 0. The zero-order valence-electron chi connectivity index (χ0n) is 36.1. The van der Waals surface area contributed by atoms with E-state index in [9.17, 15) is 5.26 Å². The average molecular weight is 852 g/mol. The first kappa shape index (κ1) is 38.2. The number of nitrogens with zero attached hydrogens (tertiary/aromatic N) is 5. The average Bonchev–Trinajstić information content (AvgIpc) is 3.74. The highest BCUT2D eigenvalue weighted by Crippen LogP contribution is 2.47. The maximum absolute atomic E-state index is 10.1. The van der Waals surface area contributed by atoms with E-state index in [0.717, 1.165) is 93.5 Å². The molecule has 5 nitrogen and oxygen atoms in total. The molecular weight excluding hydrogens is 815 g/mol. The molecule has 310 valence electrons. The summed E-state index contributed by atoms with van der Waals surface area (Å²) in [6.07, 6.45) is 0. The van der Waals surface area contributed by atoms with Crippen LogP contribution in [0.5, 0.6) is 0 Å². The highest BCUT2D eigenvalue weighted by molar-refractivity contribution is 6.26. The molecule has 0 radical (unpaired) electrons. The summed E-state index contributed by atoms with van der Waals surface area (Å²) in [5, 5.41) is 19.3. The van der Waals surface area contributed by atoms with Crippen LogP contribution in [0.25, 0.3) is 127 Å². The van der Waals surface area contributed by atoms with Crippen LogP contribution in [0.4, 0.5) is 0 Å². The molecule has 13 aromatic rings. The molecule has 0 spiro atoms. The van der Waals surface area contributed by atoms with Gasteiger partial charge in [-0.3, -0.25) is 0 Å². The van der Waals surface area contributed by atoms with E-state index in [-0.39, 0.29) is 0 Å². The molecule has 67 heavy (non-hydrogen) atoms. The van der Waals surface area contributed by atoms with Crippen molar-refractivity contribution in [3.63, 3.8) is 0 Å². The second kappa shape index (κ2) is 15.5. The maximum atomic E-state index is 10.1. The Labute approximate surface area is 386 Å². The van der Waals surface area contributed by atoms with Gasteiger partial charge in [0.15, 0.2) is 17.5 Å². The molecule has 0 aliphatic heterocycles. The summed E-state index contributed by atoms with van der Waals surface area (Å²) in [7, 11) is 0. The number of rotatable bonds is 7. The fraction of sp³-hybridized carbons (Fsp3) is 0. The topological polar surface area (TPSA) is 67.4 Å². The van der Waals surface area contributed by atoms with Gasteiger partial charge in [0.05, 0.1) is 22.7 Å². The molecule has 0 unspecified atom stereocenters. The van der Waals surface area contributed by atoms with Crippen molar-refractivity contribution in [3.8, 4) is 79.3 Å². The molecule has 0 amide bonds. The van der Waals surface area contributed by atoms with Crippen molar-refractivity contribution in [2.45, 2.75) is 0 Å². The Hall–Kier alpha value is -9.24. The van der Waals surface area contributed by atoms with E-state index >= 15 is 0 Å². The molecule has 11 aromatic carbocycles. The van der Waals surface area contributed by atoms with Gasteiger partial charge < -0.3 is 4.57 Å². The lowest BCUT2D eigenvalue weighted by atomic mass is 9.84. The predicted octanol–water partition coefficient (Wildman–Crippen LogP) is 15.7. The zero-order valence-corrected chi connectivity index (χ0v) is 36.1. The number of benzene rings is 11. The Morgan fingerprint density at radius 1 is 0.328 bits per heavy atom. The summed E-state index contributed by atoms with van der Waals surface area (Å²) in [6, 6.07) is 81.4. The van der Waals surface area contributed by atoms with Crippen LogP contribution in [0.1, 0.15) is 5.56 Å². The molecule has 0 bridgehead atoms. The van der Waals surface area contributed by atoms with Gasteiger partial charge in [0.1, 0.15) is 0 Å². The smallest absolute Gasteiger partial charge is 0.164 e. The van der Waals surface area contributed by atoms with Crippen LogP contribution in [0.3, 0.4) is 0 Å². The molecule has 0 aliphatic carbocycles. The number of hydrogen-bond donors (Lipinski definition) is 0. The Morgan fingerprint density at radius 2 is 0.761 bits per heavy atom. The highest BCUT2D eigenvalue weighted by atomic mass is 15.0. The Morgan fingerprint density at radius 3 is 1.28 bits per heavy atom. The van der Waals surface area contributed by atoms with Gasteiger partial charge in [-0.15, -0.1) is 0 Å². The van der Waals surface area contributed by atoms with E-state index in [2.05, 4.69) is 156 Å². The third-order valence-electron chi connectivity index (χ3n) is 13.1. The van der Waals surface area contributed by atoms with Crippen LogP contribution in [-0.2, 0) is 0 Å². The standard InChI is InChI=1S/C62H37N5/c63-38-39-32-45-26-27-46-34-48(37-55-59(46)58(45)54(33-39)67(55)49-24-14-5-15-25-49)44-28-30-50-52(35-44)56(40-16-6-1-7-17-40)51-31-29-47(36-53(51)57(50)41-18-8-2-9-19-41)62-65-60(42-20-10-3-11-21-42)64-61(66-62)43-22-12-4-13-23-43/h1-37H. The van der Waals surface area contributed by atoms with Gasteiger partial charge in [-0.25, -0.2) is 15.0 Å². The van der Waals surface area contributed by atoms with Crippen LogP contribution in [-0.4, -0.2) is 19.5 Å². The van der Waals surface area contributed by atoms with Crippen LogP contribution < -0.4 is 0 Å². The minimum absolute atomic E-state index is 0.614. The van der Waals surface area contributed by atoms with Crippen molar-refractivity contribution in [2.24, 2.45) is 0 Å². The van der Waals surface area contributed by atoms with Crippen molar-refractivity contribution in [3.05, 3.63) is 230 Å². The lowest BCUT2D eigenvalue weighted by Gasteiger charge is -2.20. The van der Waals surface area contributed by atoms with Crippen molar-refractivity contribution < 1.29 is 0 Å². The Bertz CT molecular complexity index is 4010. The second-order valence-corrected chi connectivity index (χ2v) is 17.1. The molecule has 0 N–H and O–H groups in total. The second-order valence-electron chi connectivity index (χ2n) is 17.1. The van der Waals surface area contributed by atoms with Gasteiger partial charge in [0, 0.05) is 33.2 Å². The fourth-order valence-corrected chi connectivity index (χ4v) is 10.2. The van der Waals surface area contributed by atoms with E-state index in [1.54, 1.807) is 0 Å². The molecule has 0 fully saturated rings. The number of para-hydroxylation sites is 1. The molecule has 2 aromatic heterocycles. The van der Waals surface area contributed by atoms with Crippen LogP contribution in [0.2, 0.25) is 0 Å². The summed E-state index contributed by atoms with van der Waals surface area (Å²) in [5.74, 6) is 1.87. The first-order valence-corrected chi connectivity index (χ1v) is 22.5. The first-order chi connectivity index (χ1) is 33.2. The van der Waals surface area contributed by atoms with E-state index in [4.69, 9.17) is 15.0 Å². The van der Waals surface area contributed by atoms with E-state index in [0.29, 0.717) is 23.0 Å². The molecule has 0 saturated carbocycles. The Balaban J connectivity index is 1.08. The number of nitriles is 1. The Kier molecular flexibility index (Phi) is 8.84. The fourth-order valence-electron chi connectivity index (χ4n) is 10.2. The first-order valence-electron chi connectivity index (χ1n) is 22.5. The summed E-state index contributed by atoms with van der Waals surface area (Å²) >= 11 is 0. The molecule has 13 rings (SSSR count). The SMILES string of the molecule is N#Cc1cc2ccc3cc(-c4ccc5c(-c6ccccc6)c6cc(-c7nc(-c8ccccc8)nc(-c8ccccc8)n7)ccc6c(-c6ccccc6)c5c4)cc4c3c2c(c1)n4-c1ccccc1. The third-order valence-corrected chi connectivity index (χ3v) is 13.1. The monoisotopic (exact) mass is 851 g/mol. The molecule has 0 saturated heterocycles. The van der Waals surface area contributed by atoms with Gasteiger partial charge in [-0.1, -0.05) is 176 Å². The summed E-state index contributed by atoms with van der Waals surface area (Å²) < 4.78 is 2.32. The molecule has 0 atom stereocenters. The predicted molar refractivity (Wildman–Crippen MR) is 275 cm³/mol. The lowest BCUT2D eigenvalue weighted by Crippen LogP contribution is -2.00. The number of aromatic nitrogens is 4. The van der Waals surface area contributed by atoms with Crippen molar-refractivity contribution in [1.29, 1.82) is 5.26 Å². The van der Waals surface area contributed by atoms with Crippen LogP contribution >= 0.6 is 0 Å². The van der Waals surface area contributed by atoms with E-state index in [1.807, 2.05) is 78.9 Å². The molecular formula is C62H37N5. The van der Waals surface area contributed by atoms with Gasteiger partial charge in [0.2, 0.25) is 0 Å². The minimum atomic E-state index is 0.614. The molecule has 2 heterocycles. The largest absolute Gasteiger partial charge is 0.309 e. The van der Waals surface area contributed by atoms with E-state index in [1.165, 1.54) is 16.3 Å². The van der Waals surface area contributed by atoms with Gasteiger partial charge in [-0.2, -0.15) is 5.26 Å². The normalized spacial score (nSPS) is 11.6. The highest BCUT2D eigenvalue weighted by Gasteiger charge is 2.22. The van der Waals surface area contributed by atoms with Crippen LogP contribution in [0, 0.1) is 11.3 Å². The van der Waals surface area contributed by atoms with Gasteiger partial charge in [-0.05, 0) is 114 Å². The van der Waals surface area contributed by atoms with E-state index < -0.39 is 0 Å². The molecule has 0 aliphatic rings. The van der Waals surface area contributed by atoms with Crippen LogP contribution in [0.15, 0.2) is 224 Å². The van der Waals surface area contributed by atoms with Crippen molar-refractivity contribution in [2.75, 3.05) is 0 Å². The quantitative estimate of drug-likeness (QED) is 0.118. The maximum Gasteiger partial charge on any atom is 0.164 e. The van der Waals surface area contributed by atoms with Crippen molar-refractivity contribution >= 4 is 54.1 Å². The van der Waals surface area contributed by atoms with Gasteiger partial charge >= 0.3 is 0 Å². The number of fused-ring (bicyclic) bond motifs is 2. The minimum Gasteiger partial charge on any atom is -0.309 e. The van der Waals surface area contributed by atoms with Crippen molar-refractivity contribution in [1.82, 2.24) is 19.5 Å². The third kappa shape index (κ3) is 6.35. The number of hydrogen-bond acceptors (Lipinski definition) is 4. The molecule has 5 heteroatoms. The summed E-state index contributed by atoms with van der Waals surface area (Å²) in [5.41, 5.74) is 13.4. The zero-order chi connectivity index (χ0) is 44.4. The summed E-state index contributed by atoms with van der Waals surface area (Å²) in [4.78, 5) is 15.3.